The van der Waals surface area contributed by atoms with Crippen LogP contribution in [0.25, 0.3) is 16.7 Å². The van der Waals surface area contributed by atoms with Gasteiger partial charge in [0, 0.05) is 25.5 Å². The third-order valence-electron chi connectivity index (χ3n) is 6.58. The molecule has 0 unspecified atom stereocenters. The number of pyridine rings is 3. The van der Waals surface area contributed by atoms with E-state index in [0.717, 1.165) is 10.8 Å². The maximum absolute atomic E-state index is 14.3. The highest BCUT2D eigenvalue weighted by Crippen LogP contribution is 2.38. The number of imidazole rings is 1. The molecule has 0 radical (unpaired) electrons. The lowest BCUT2D eigenvalue weighted by molar-refractivity contribution is -0.138. The first-order valence-electron chi connectivity index (χ1n) is 11.6. The highest BCUT2D eigenvalue weighted by Gasteiger charge is 2.36. The van der Waals surface area contributed by atoms with Gasteiger partial charge in [-0.15, -0.1) is 0 Å². The van der Waals surface area contributed by atoms with Crippen molar-refractivity contribution < 1.29 is 27.4 Å². The lowest BCUT2D eigenvalue weighted by Gasteiger charge is -2.33. The van der Waals surface area contributed by atoms with Gasteiger partial charge in [-0.2, -0.15) is 23.3 Å². The van der Waals surface area contributed by atoms with Gasteiger partial charge in [-0.3, -0.25) is 4.79 Å². The van der Waals surface area contributed by atoms with Crippen LogP contribution in [-0.2, 0) is 13.2 Å². The number of aliphatic hydroxyl groups excluding tert-OH is 1. The molecule has 5 aromatic rings. The fourth-order valence-electron chi connectivity index (χ4n) is 4.49. The van der Waals surface area contributed by atoms with Gasteiger partial charge >= 0.3 is 6.18 Å². The van der Waals surface area contributed by atoms with E-state index in [4.69, 9.17) is 16.3 Å². The lowest BCUT2D eigenvalue weighted by Crippen LogP contribution is -2.37. The zero-order valence-electron chi connectivity index (χ0n) is 19.9. The monoisotopic (exact) mass is 563 g/mol. The number of halogens is 5. The standard InChI is InChI=1S/C24H18ClF4N7O3/c1-34-20-18(25)16(39-17-9-31-36-4-2-3-14(26)19(17)36)8-30-21(20)33-23(34)32-15-5-11(24(27,28)29)10-35(22(15)38)12-6-13(37)7-12/h2-5,8-10,12-13,37H,6-7H2,1H3,(H,30,32,33)/t12-,13-. The minimum atomic E-state index is -4.71. The molecule has 5 aromatic heterocycles. The summed E-state index contributed by atoms with van der Waals surface area (Å²) < 4.78 is 64.7. The molecule has 1 aliphatic carbocycles. The Balaban J connectivity index is 1.38. The van der Waals surface area contributed by atoms with E-state index >= 15 is 0 Å². The summed E-state index contributed by atoms with van der Waals surface area (Å²) in [4.78, 5) is 21.6. The van der Waals surface area contributed by atoms with Crippen LogP contribution < -0.4 is 15.6 Å². The number of nitrogens with zero attached hydrogens (tertiary/aromatic N) is 6. The van der Waals surface area contributed by atoms with Crippen molar-refractivity contribution in [1.82, 2.24) is 28.7 Å². The fraction of sp³-hybridized carbons (Fsp3) is 0.250. The van der Waals surface area contributed by atoms with Gasteiger partial charge in [0.1, 0.15) is 21.7 Å². The summed E-state index contributed by atoms with van der Waals surface area (Å²) in [5.41, 5.74) is -1.64. The normalized spacial score (nSPS) is 17.5. The Kier molecular flexibility index (Phi) is 5.77. The molecule has 202 valence electrons. The minimum Gasteiger partial charge on any atom is -0.450 e. The van der Waals surface area contributed by atoms with Crippen molar-refractivity contribution in [2.24, 2.45) is 7.05 Å². The molecule has 15 heteroatoms. The topological polar surface area (TPSA) is 112 Å². The summed E-state index contributed by atoms with van der Waals surface area (Å²) in [6.07, 6.45) is -0.158. The van der Waals surface area contributed by atoms with Crippen molar-refractivity contribution in [3.63, 3.8) is 0 Å². The predicted octanol–water partition coefficient (Wildman–Crippen LogP) is 4.82. The summed E-state index contributed by atoms with van der Waals surface area (Å²) in [5, 5.41) is 16.4. The van der Waals surface area contributed by atoms with Gasteiger partial charge in [-0.1, -0.05) is 11.6 Å². The van der Waals surface area contributed by atoms with Crippen molar-refractivity contribution in [3.8, 4) is 11.5 Å². The second-order valence-corrected chi connectivity index (χ2v) is 9.50. The van der Waals surface area contributed by atoms with Gasteiger partial charge in [0.25, 0.3) is 5.56 Å². The van der Waals surface area contributed by atoms with Gasteiger partial charge in [0.2, 0.25) is 5.95 Å². The Morgan fingerprint density at radius 3 is 2.69 bits per heavy atom. The highest BCUT2D eigenvalue weighted by atomic mass is 35.5. The molecular formula is C24H18ClF4N7O3. The summed E-state index contributed by atoms with van der Waals surface area (Å²) in [5.74, 6) is -0.426. The van der Waals surface area contributed by atoms with Crippen LogP contribution in [0.1, 0.15) is 24.4 Å². The molecule has 0 aliphatic heterocycles. The third kappa shape index (κ3) is 4.25. The van der Waals surface area contributed by atoms with E-state index in [1.54, 1.807) is 6.20 Å². The Hall–Kier alpha value is -4.17. The number of hydrogen-bond donors (Lipinski definition) is 2. The minimum absolute atomic E-state index is 0.00445. The maximum atomic E-state index is 14.3. The van der Waals surface area contributed by atoms with Crippen LogP contribution in [0.15, 0.2) is 47.8 Å². The predicted molar refractivity (Wildman–Crippen MR) is 132 cm³/mol. The van der Waals surface area contributed by atoms with Gasteiger partial charge in [0.15, 0.2) is 23.0 Å². The summed E-state index contributed by atoms with van der Waals surface area (Å²) >= 11 is 6.58. The van der Waals surface area contributed by atoms with Crippen LogP contribution in [-0.4, -0.2) is 39.9 Å². The number of hydrogen-bond acceptors (Lipinski definition) is 7. The fourth-order valence-corrected chi connectivity index (χ4v) is 4.79. The molecule has 5 heterocycles. The number of aromatic nitrogens is 6. The molecule has 0 spiro atoms. The second kappa shape index (κ2) is 8.95. The summed E-state index contributed by atoms with van der Waals surface area (Å²) in [6.45, 7) is 0. The number of anilines is 2. The molecule has 39 heavy (non-hydrogen) atoms. The molecule has 0 saturated heterocycles. The number of rotatable bonds is 5. The number of alkyl halides is 3. The Bertz CT molecular complexity index is 1810. The van der Waals surface area contributed by atoms with E-state index in [1.807, 2.05) is 0 Å². The molecule has 1 saturated carbocycles. The third-order valence-corrected chi connectivity index (χ3v) is 6.95. The quantitative estimate of drug-likeness (QED) is 0.295. The first-order chi connectivity index (χ1) is 18.5. The van der Waals surface area contributed by atoms with Crippen LogP contribution in [0, 0.1) is 5.82 Å². The maximum Gasteiger partial charge on any atom is 0.417 e. The van der Waals surface area contributed by atoms with Crippen molar-refractivity contribution in [2.45, 2.75) is 31.2 Å². The summed E-state index contributed by atoms with van der Waals surface area (Å²) in [6, 6.07) is 2.88. The van der Waals surface area contributed by atoms with Crippen LogP contribution >= 0.6 is 11.6 Å². The average Bonchev–Trinajstić information content (AvgIpc) is 3.41. The molecule has 0 atom stereocenters. The first-order valence-corrected chi connectivity index (χ1v) is 12.0. The zero-order chi connectivity index (χ0) is 27.6. The van der Waals surface area contributed by atoms with Crippen molar-refractivity contribution in [2.75, 3.05) is 5.32 Å². The molecular weight excluding hydrogens is 546 g/mol. The number of ether oxygens (including phenoxy) is 1. The molecule has 1 aliphatic rings. The van der Waals surface area contributed by atoms with E-state index < -0.39 is 35.3 Å². The Labute approximate surface area is 221 Å². The summed E-state index contributed by atoms with van der Waals surface area (Å²) in [7, 11) is 1.53. The van der Waals surface area contributed by atoms with Crippen LogP contribution in [0.5, 0.6) is 11.5 Å². The van der Waals surface area contributed by atoms with Crippen LogP contribution in [0.2, 0.25) is 5.02 Å². The average molecular weight is 564 g/mol. The lowest BCUT2D eigenvalue weighted by atomic mass is 9.89. The number of fused-ring (bicyclic) bond motifs is 2. The smallest absolute Gasteiger partial charge is 0.417 e. The van der Waals surface area contributed by atoms with Gasteiger partial charge in [-0.05, 0) is 31.0 Å². The van der Waals surface area contributed by atoms with E-state index in [-0.39, 0.29) is 57.7 Å². The zero-order valence-corrected chi connectivity index (χ0v) is 20.7. The van der Waals surface area contributed by atoms with Crippen molar-refractivity contribution >= 4 is 39.9 Å². The van der Waals surface area contributed by atoms with E-state index in [2.05, 4.69) is 20.4 Å². The van der Waals surface area contributed by atoms with Crippen LogP contribution in [0.3, 0.4) is 0 Å². The molecule has 10 nitrogen and oxygen atoms in total. The molecule has 1 fully saturated rings. The highest BCUT2D eigenvalue weighted by molar-refractivity contribution is 6.36. The van der Waals surface area contributed by atoms with Gasteiger partial charge in [0.05, 0.1) is 24.1 Å². The molecule has 2 N–H and O–H groups in total. The van der Waals surface area contributed by atoms with E-state index in [1.165, 1.54) is 40.7 Å². The van der Waals surface area contributed by atoms with Gasteiger partial charge < -0.3 is 24.3 Å². The molecule has 0 amide bonds. The molecule has 6 rings (SSSR count). The second-order valence-electron chi connectivity index (χ2n) is 9.12. The van der Waals surface area contributed by atoms with Crippen LogP contribution in [0.4, 0.5) is 29.2 Å². The number of aryl methyl sites for hydroxylation is 1. The molecule has 0 aromatic carbocycles. The van der Waals surface area contributed by atoms with E-state index in [0.29, 0.717) is 6.07 Å². The number of aliphatic hydroxyl groups is 1. The van der Waals surface area contributed by atoms with Crippen molar-refractivity contribution in [1.29, 1.82) is 0 Å². The Morgan fingerprint density at radius 1 is 1.21 bits per heavy atom. The first kappa shape index (κ1) is 25.1. The Morgan fingerprint density at radius 2 is 1.97 bits per heavy atom. The number of nitrogens with one attached hydrogen (secondary N) is 1. The van der Waals surface area contributed by atoms with Crippen molar-refractivity contribution in [3.05, 3.63) is 69.7 Å². The van der Waals surface area contributed by atoms with Gasteiger partial charge in [-0.25, -0.2) is 13.9 Å². The SMILES string of the molecule is Cn1c(Nc2cc(C(F)(F)F)cn([C@H]3C[C@H](O)C3)c2=O)nc2ncc(Oc3cnn4cccc(F)c34)c(Cl)c21. The van der Waals surface area contributed by atoms with E-state index in [9.17, 15) is 27.5 Å². The largest absolute Gasteiger partial charge is 0.450 e. The molecule has 0 bridgehead atoms.